The van der Waals surface area contributed by atoms with Crippen molar-refractivity contribution in [1.29, 1.82) is 0 Å². The van der Waals surface area contributed by atoms with Crippen LogP contribution in [0.3, 0.4) is 0 Å². The molecule has 19 heavy (non-hydrogen) atoms. The van der Waals surface area contributed by atoms with Gasteiger partial charge in [-0.25, -0.2) is 4.39 Å². The van der Waals surface area contributed by atoms with Crippen molar-refractivity contribution in [3.63, 3.8) is 0 Å². The molecule has 0 saturated heterocycles. The fourth-order valence-corrected chi connectivity index (χ4v) is 2.05. The van der Waals surface area contributed by atoms with Crippen LogP contribution in [0.15, 0.2) is 42.5 Å². The topological polar surface area (TPSA) is 17.1 Å². The van der Waals surface area contributed by atoms with Crippen molar-refractivity contribution in [1.82, 2.24) is 0 Å². The average Bonchev–Trinajstić information content (AvgIpc) is 2.39. The molecule has 1 nitrogen and oxygen atoms in total. The monoisotopic (exact) mass is 276 g/mol. The van der Waals surface area contributed by atoms with Crippen LogP contribution >= 0.6 is 11.6 Å². The summed E-state index contributed by atoms with van der Waals surface area (Å²) >= 11 is 5.66. The zero-order valence-electron chi connectivity index (χ0n) is 10.6. The van der Waals surface area contributed by atoms with Crippen LogP contribution in [0.4, 0.5) is 4.39 Å². The molecule has 2 rings (SSSR count). The highest BCUT2D eigenvalue weighted by molar-refractivity contribution is 6.30. The number of rotatable bonds is 4. The Hall–Kier alpha value is -1.67. The molecule has 0 radical (unpaired) electrons. The number of carbonyl (C=O) groups is 1. The molecular formula is C16H14ClFO. The van der Waals surface area contributed by atoms with Crippen LogP contribution in [0, 0.1) is 5.82 Å². The highest BCUT2D eigenvalue weighted by Crippen LogP contribution is 2.17. The first-order valence-corrected chi connectivity index (χ1v) is 6.54. The second kappa shape index (κ2) is 5.98. The molecule has 0 heterocycles. The van der Waals surface area contributed by atoms with E-state index in [9.17, 15) is 9.18 Å². The summed E-state index contributed by atoms with van der Waals surface area (Å²) in [6.45, 7) is 2.07. The summed E-state index contributed by atoms with van der Waals surface area (Å²) in [6, 6.07) is 11.9. The zero-order valence-corrected chi connectivity index (χ0v) is 11.4. The third kappa shape index (κ3) is 3.42. The highest BCUT2D eigenvalue weighted by Gasteiger charge is 2.12. The molecule has 0 aliphatic heterocycles. The van der Waals surface area contributed by atoms with E-state index in [1.165, 1.54) is 17.7 Å². The van der Waals surface area contributed by atoms with E-state index in [0.717, 1.165) is 18.1 Å². The number of hydrogen-bond donors (Lipinski definition) is 0. The van der Waals surface area contributed by atoms with Gasteiger partial charge in [-0.3, -0.25) is 4.79 Å². The number of benzene rings is 2. The molecule has 0 saturated carbocycles. The molecule has 0 bridgehead atoms. The molecule has 0 spiro atoms. The summed E-state index contributed by atoms with van der Waals surface area (Å²) < 4.78 is 13.6. The predicted molar refractivity (Wildman–Crippen MR) is 75.3 cm³/mol. The molecule has 0 aliphatic carbocycles. The smallest absolute Gasteiger partial charge is 0.170 e. The van der Waals surface area contributed by atoms with Gasteiger partial charge in [-0.1, -0.05) is 42.8 Å². The van der Waals surface area contributed by atoms with Gasteiger partial charge in [0.15, 0.2) is 5.78 Å². The summed E-state index contributed by atoms with van der Waals surface area (Å²) in [5, 5.41) is 0.293. The van der Waals surface area contributed by atoms with Crippen LogP contribution in [0.2, 0.25) is 5.02 Å². The maximum Gasteiger partial charge on any atom is 0.170 e. The van der Waals surface area contributed by atoms with Gasteiger partial charge in [-0.2, -0.15) is 0 Å². The molecule has 0 N–H and O–H groups in total. The van der Waals surface area contributed by atoms with E-state index in [0.29, 0.717) is 5.02 Å². The summed E-state index contributed by atoms with van der Waals surface area (Å²) in [7, 11) is 0. The first-order valence-electron chi connectivity index (χ1n) is 6.16. The summed E-state index contributed by atoms with van der Waals surface area (Å²) in [6.07, 6.45) is 1.16. The number of halogens is 2. The molecular weight excluding hydrogens is 263 g/mol. The largest absolute Gasteiger partial charge is 0.294 e. The van der Waals surface area contributed by atoms with Gasteiger partial charge in [0.25, 0.3) is 0 Å². The Bertz CT molecular complexity index is 590. The molecule has 0 aromatic heterocycles. The summed E-state index contributed by atoms with van der Waals surface area (Å²) in [4.78, 5) is 12.0. The minimum Gasteiger partial charge on any atom is -0.294 e. The lowest BCUT2D eigenvalue weighted by Gasteiger charge is -2.04. The van der Waals surface area contributed by atoms with Gasteiger partial charge in [0.2, 0.25) is 0 Å². The molecule has 0 unspecified atom stereocenters. The Kier molecular flexibility index (Phi) is 4.33. The van der Waals surface area contributed by atoms with Gasteiger partial charge < -0.3 is 0 Å². The zero-order chi connectivity index (χ0) is 13.8. The van der Waals surface area contributed by atoms with Crippen molar-refractivity contribution in [2.45, 2.75) is 19.8 Å². The Labute approximate surface area is 117 Å². The lowest BCUT2D eigenvalue weighted by molar-refractivity contribution is 0.0989. The van der Waals surface area contributed by atoms with E-state index < -0.39 is 5.82 Å². The van der Waals surface area contributed by atoms with Crippen LogP contribution in [-0.4, -0.2) is 5.78 Å². The Morgan fingerprint density at radius 3 is 2.32 bits per heavy atom. The van der Waals surface area contributed by atoms with Crippen molar-refractivity contribution >= 4 is 17.4 Å². The average molecular weight is 277 g/mol. The van der Waals surface area contributed by atoms with Crippen LogP contribution < -0.4 is 0 Å². The lowest BCUT2D eigenvalue weighted by atomic mass is 10.0. The quantitative estimate of drug-likeness (QED) is 0.753. The summed E-state index contributed by atoms with van der Waals surface area (Å²) in [5.74, 6) is -0.805. The predicted octanol–water partition coefficient (Wildman–Crippen LogP) is 4.47. The normalized spacial score (nSPS) is 10.5. The van der Waals surface area contributed by atoms with Crippen LogP contribution in [0.5, 0.6) is 0 Å². The van der Waals surface area contributed by atoms with Crippen LogP contribution in [0.1, 0.15) is 28.4 Å². The van der Waals surface area contributed by atoms with Crippen molar-refractivity contribution in [3.8, 4) is 0 Å². The van der Waals surface area contributed by atoms with Gasteiger partial charge in [-0.05, 0) is 35.7 Å². The fourth-order valence-electron chi connectivity index (χ4n) is 1.89. The third-order valence-corrected chi connectivity index (χ3v) is 3.26. The number of ketones is 1. The van der Waals surface area contributed by atoms with E-state index in [2.05, 4.69) is 6.92 Å². The maximum atomic E-state index is 13.6. The Morgan fingerprint density at radius 2 is 1.74 bits per heavy atom. The molecule has 2 aromatic rings. The van der Waals surface area contributed by atoms with Crippen molar-refractivity contribution in [2.75, 3.05) is 0 Å². The van der Waals surface area contributed by atoms with E-state index in [4.69, 9.17) is 11.6 Å². The minimum absolute atomic E-state index is 0.0870. The second-order valence-corrected chi connectivity index (χ2v) is 4.83. The number of Topliss-reactive ketones (excluding diaryl/α,β-unsaturated/α-hetero) is 1. The number of hydrogen-bond acceptors (Lipinski definition) is 1. The van der Waals surface area contributed by atoms with Gasteiger partial charge in [0.1, 0.15) is 5.82 Å². The lowest BCUT2D eigenvalue weighted by Crippen LogP contribution is -2.06. The fraction of sp³-hybridized carbons (Fsp3) is 0.188. The Morgan fingerprint density at radius 1 is 1.11 bits per heavy atom. The standard InChI is InChI=1S/C16H14ClFO/c1-2-11-3-5-12(6-4-11)9-16(19)14-8-7-13(17)10-15(14)18/h3-8,10H,2,9H2,1H3. The van der Waals surface area contributed by atoms with Gasteiger partial charge in [-0.15, -0.1) is 0 Å². The van der Waals surface area contributed by atoms with E-state index >= 15 is 0 Å². The highest BCUT2D eigenvalue weighted by atomic mass is 35.5. The van der Waals surface area contributed by atoms with E-state index in [1.807, 2.05) is 24.3 Å². The first kappa shape index (κ1) is 13.8. The van der Waals surface area contributed by atoms with Crippen molar-refractivity contribution in [3.05, 3.63) is 70.0 Å². The first-order chi connectivity index (χ1) is 9.10. The minimum atomic E-state index is -0.567. The van der Waals surface area contributed by atoms with E-state index in [1.54, 1.807) is 0 Å². The third-order valence-electron chi connectivity index (χ3n) is 3.03. The molecule has 2 aromatic carbocycles. The molecule has 3 heteroatoms. The van der Waals surface area contributed by atoms with E-state index in [-0.39, 0.29) is 17.8 Å². The number of aryl methyl sites for hydroxylation is 1. The van der Waals surface area contributed by atoms with Crippen molar-refractivity contribution < 1.29 is 9.18 Å². The Balaban J connectivity index is 2.15. The SMILES string of the molecule is CCc1ccc(CC(=O)c2ccc(Cl)cc2F)cc1. The molecule has 98 valence electrons. The molecule has 0 aliphatic rings. The molecule has 0 atom stereocenters. The van der Waals surface area contributed by atoms with Gasteiger partial charge >= 0.3 is 0 Å². The second-order valence-electron chi connectivity index (χ2n) is 4.39. The molecule has 0 fully saturated rings. The van der Waals surface area contributed by atoms with Crippen molar-refractivity contribution in [2.24, 2.45) is 0 Å². The summed E-state index contributed by atoms with van der Waals surface area (Å²) in [5.41, 5.74) is 2.19. The van der Waals surface area contributed by atoms with Crippen LogP contribution in [-0.2, 0) is 12.8 Å². The molecule has 0 amide bonds. The number of carbonyl (C=O) groups excluding carboxylic acids is 1. The maximum absolute atomic E-state index is 13.6. The van der Waals surface area contributed by atoms with Gasteiger partial charge in [0.05, 0.1) is 5.56 Å². The van der Waals surface area contributed by atoms with Crippen LogP contribution in [0.25, 0.3) is 0 Å². The van der Waals surface area contributed by atoms with Gasteiger partial charge in [0, 0.05) is 11.4 Å².